The minimum Gasteiger partial charge on any atom is -0.496 e. The Balaban J connectivity index is 1.86. The molecule has 2 amide bonds. The summed E-state index contributed by atoms with van der Waals surface area (Å²) >= 11 is 0. The van der Waals surface area contributed by atoms with Crippen LogP contribution in [-0.2, 0) is 13.0 Å². The fourth-order valence-electron chi connectivity index (χ4n) is 2.99. The van der Waals surface area contributed by atoms with E-state index in [1.165, 1.54) is 13.2 Å². The van der Waals surface area contributed by atoms with Crippen molar-refractivity contribution in [3.8, 4) is 5.75 Å². The van der Waals surface area contributed by atoms with Gasteiger partial charge in [0, 0.05) is 23.2 Å². The SMILES string of the molecule is C=CCc1c(OC)ccc2cc(C(=O)Nc3ccc(CNC(=O)O)cc3)c(=O)oc12. The maximum atomic E-state index is 12.6. The Morgan fingerprint density at radius 2 is 1.93 bits per heavy atom. The van der Waals surface area contributed by atoms with Gasteiger partial charge in [-0.25, -0.2) is 9.59 Å². The maximum absolute atomic E-state index is 12.6. The second-order valence-corrected chi connectivity index (χ2v) is 6.41. The molecule has 8 heteroatoms. The molecule has 0 fully saturated rings. The monoisotopic (exact) mass is 408 g/mol. The Morgan fingerprint density at radius 3 is 2.57 bits per heavy atom. The molecule has 8 nitrogen and oxygen atoms in total. The highest BCUT2D eigenvalue weighted by atomic mass is 16.5. The molecule has 0 radical (unpaired) electrons. The third-order valence-electron chi connectivity index (χ3n) is 4.43. The number of benzene rings is 2. The molecule has 1 heterocycles. The molecule has 3 rings (SSSR count). The van der Waals surface area contributed by atoms with E-state index in [0.29, 0.717) is 34.4 Å². The van der Waals surface area contributed by atoms with E-state index in [1.807, 2.05) is 0 Å². The van der Waals surface area contributed by atoms with E-state index in [9.17, 15) is 14.4 Å². The molecule has 0 aliphatic carbocycles. The number of ether oxygens (including phenoxy) is 1. The Kier molecular flexibility index (Phi) is 6.17. The van der Waals surface area contributed by atoms with Gasteiger partial charge in [-0.1, -0.05) is 18.2 Å². The zero-order valence-corrected chi connectivity index (χ0v) is 16.2. The smallest absolute Gasteiger partial charge is 0.404 e. The molecule has 0 saturated heterocycles. The summed E-state index contributed by atoms with van der Waals surface area (Å²) in [6.45, 7) is 3.85. The van der Waals surface area contributed by atoms with Crippen LogP contribution in [0.2, 0.25) is 0 Å². The van der Waals surface area contributed by atoms with Crippen LogP contribution in [0.25, 0.3) is 11.0 Å². The van der Waals surface area contributed by atoms with E-state index < -0.39 is 17.6 Å². The van der Waals surface area contributed by atoms with Crippen molar-refractivity contribution < 1.29 is 23.8 Å². The lowest BCUT2D eigenvalue weighted by Gasteiger charge is -2.10. The standard InChI is InChI=1S/C22H20N2O6/c1-3-4-16-18(29-2)10-7-14-11-17(21(26)30-19(14)16)20(25)24-15-8-5-13(6-9-15)12-23-22(27)28/h3,5-11,23H,1,4,12H2,2H3,(H,24,25)(H,27,28). The molecule has 3 N–H and O–H groups in total. The van der Waals surface area contributed by atoms with E-state index in [1.54, 1.807) is 42.5 Å². The topological polar surface area (TPSA) is 118 Å². The van der Waals surface area contributed by atoms with Gasteiger partial charge in [0.05, 0.1) is 7.11 Å². The van der Waals surface area contributed by atoms with Crippen molar-refractivity contribution in [3.63, 3.8) is 0 Å². The molecule has 0 atom stereocenters. The van der Waals surface area contributed by atoms with Crippen LogP contribution in [0.3, 0.4) is 0 Å². The summed E-state index contributed by atoms with van der Waals surface area (Å²) in [6.07, 6.45) is 0.996. The Labute approximate surface area is 171 Å². The number of hydrogen-bond donors (Lipinski definition) is 3. The van der Waals surface area contributed by atoms with Gasteiger partial charge in [0.15, 0.2) is 0 Å². The molecule has 0 aliphatic rings. The maximum Gasteiger partial charge on any atom is 0.404 e. The van der Waals surface area contributed by atoms with Crippen LogP contribution < -0.4 is 21.0 Å². The molecule has 0 bridgehead atoms. The van der Waals surface area contributed by atoms with Gasteiger partial charge in [-0.15, -0.1) is 6.58 Å². The van der Waals surface area contributed by atoms with Crippen molar-refractivity contribution >= 4 is 28.7 Å². The zero-order valence-electron chi connectivity index (χ0n) is 16.2. The Morgan fingerprint density at radius 1 is 1.20 bits per heavy atom. The van der Waals surface area contributed by atoms with E-state index in [0.717, 1.165) is 5.56 Å². The first-order valence-corrected chi connectivity index (χ1v) is 9.04. The molecule has 2 aromatic carbocycles. The molecule has 0 saturated carbocycles. The molecule has 1 aromatic heterocycles. The third kappa shape index (κ3) is 4.49. The highest BCUT2D eigenvalue weighted by molar-refractivity contribution is 6.05. The first kappa shape index (κ1) is 20.7. The average Bonchev–Trinajstić information content (AvgIpc) is 2.73. The summed E-state index contributed by atoms with van der Waals surface area (Å²) in [7, 11) is 1.52. The lowest BCUT2D eigenvalue weighted by Crippen LogP contribution is -2.21. The van der Waals surface area contributed by atoms with Crippen LogP contribution in [0.15, 0.2) is 64.3 Å². The number of hydrogen-bond acceptors (Lipinski definition) is 5. The van der Waals surface area contributed by atoms with Crippen LogP contribution in [0.4, 0.5) is 10.5 Å². The number of fused-ring (bicyclic) bond motifs is 1. The highest BCUT2D eigenvalue weighted by Gasteiger charge is 2.17. The predicted molar refractivity (Wildman–Crippen MR) is 112 cm³/mol. The second-order valence-electron chi connectivity index (χ2n) is 6.41. The number of nitrogens with one attached hydrogen (secondary N) is 2. The number of rotatable bonds is 7. The number of anilines is 1. The summed E-state index contributed by atoms with van der Waals surface area (Å²) in [4.78, 5) is 35.6. The van der Waals surface area contributed by atoms with Crippen molar-refractivity contribution in [2.75, 3.05) is 12.4 Å². The van der Waals surface area contributed by atoms with Crippen molar-refractivity contribution in [3.05, 3.63) is 82.2 Å². The van der Waals surface area contributed by atoms with Crippen LogP contribution >= 0.6 is 0 Å². The summed E-state index contributed by atoms with van der Waals surface area (Å²) in [5, 5.41) is 14.1. The highest BCUT2D eigenvalue weighted by Crippen LogP contribution is 2.28. The molecule has 0 unspecified atom stereocenters. The van der Waals surface area contributed by atoms with E-state index in [4.69, 9.17) is 14.3 Å². The summed E-state index contributed by atoms with van der Waals surface area (Å²) < 4.78 is 10.8. The van der Waals surface area contributed by atoms with Crippen LogP contribution in [0.5, 0.6) is 5.75 Å². The Bertz CT molecular complexity index is 1160. The molecule has 0 aliphatic heterocycles. The number of methoxy groups -OCH3 is 1. The molecule has 0 spiro atoms. The fourth-order valence-corrected chi connectivity index (χ4v) is 2.99. The minimum absolute atomic E-state index is 0.131. The molecule has 3 aromatic rings. The number of carboxylic acid groups (broad SMARTS) is 1. The third-order valence-corrected chi connectivity index (χ3v) is 4.43. The summed E-state index contributed by atoms with van der Waals surface area (Å²) in [5.74, 6) is -0.0385. The molecular formula is C22H20N2O6. The second kappa shape index (κ2) is 8.95. The average molecular weight is 408 g/mol. The largest absolute Gasteiger partial charge is 0.496 e. The van der Waals surface area contributed by atoms with Gasteiger partial charge in [0.2, 0.25) is 0 Å². The summed E-state index contributed by atoms with van der Waals surface area (Å²) in [6, 6.07) is 11.5. The molecule has 30 heavy (non-hydrogen) atoms. The number of allylic oxidation sites excluding steroid dienone is 1. The van der Waals surface area contributed by atoms with E-state index in [2.05, 4.69) is 17.2 Å². The van der Waals surface area contributed by atoms with Gasteiger partial charge in [0.1, 0.15) is 16.9 Å². The fraction of sp³-hybridized carbons (Fsp3) is 0.136. The van der Waals surface area contributed by atoms with Gasteiger partial charge in [0.25, 0.3) is 5.91 Å². The van der Waals surface area contributed by atoms with Crippen molar-refractivity contribution in [1.82, 2.24) is 5.32 Å². The van der Waals surface area contributed by atoms with Crippen molar-refractivity contribution in [2.24, 2.45) is 0 Å². The van der Waals surface area contributed by atoms with Crippen molar-refractivity contribution in [1.29, 1.82) is 0 Å². The number of amides is 2. The van der Waals surface area contributed by atoms with E-state index in [-0.39, 0.29) is 12.1 Å². The predicted octanol–water partition coefficient (Wildman–Crippen LogP) is 3.55. The lowest BCUT2D eigenvalue weighted by molar-refractivity contribution is 0.102. The molecular weight excluding hydrogens is 388 g/mol. The van der Waals surface area contributed by atoms with Gasteiger partial charge < -0.3 is 24.9 Å². The quantitative estimate of drug-likeness (QED) is 0.406. The zero-order chi connectivity index (χ0) is 21.7. The van der Waals surface area contributed by atoms with Gasteiger partial charge in [-0.2, -0.15) is 0 Å². The summed E-state index contributed by atoms with van der Waals surface area (Å²) in [5.41, 5.74) is 1.32. The number of carbonyl (C=O) groups excluding carboxylic acids is 1. The van der Waals surface area contributed by atoms with Gasteiger partial charge >= 0.3 is 11.7 Å². The van der Waals surface area contributed by atoms with Gasteiger partial charge in [-0.05, 0) is 42.3 Å². The van der Waals surface area contributed by atoms with Crippen LogP contribution in [-0.4, -0.2) is 24.2 Å². The van der Waals surface area contributed by atoms with Gasteiger partial charge in [-0.3, -0.25) is 4.79 Å². The normalized spacial score (nSPS) is 10.4. The Hall–Kier alpha value is -4.07. The first-order valence-electron chi connectivity index (χ1n) is 9.04. The first-order chi connectivity index (χ1) is 14.4. The van der Waals surface area contributed by atoms with Crippen molar-refractivity contribution in [2.45, 2.75) is 13.0 Å². The van der Waals surface area contributed by atoms with Crippen LogP contribution in [0, 0.1) is 0 Å². The molecule has 154 valence electrons. The van der Waals surface area contributed by atoms with E-state index >= 15 is 0 Å². The lowest BCUT2D eigenvalue weighted by atomic mass is 10.1. The number of carbonyl (C=O) groups is 2. The van der Waals surface area contributed by atoms with Crippen LogP contribution in [0.1, 0.15) is 21.5 Å². The minimum atomic E-state index is -1.12.